The summed E-state index contributed by atoms with van der Waals surface area (Å²) in [6, 6.07) is 1.19. The Morgan fingerprint density at radius 2 is 2.21 bits per heavy atom. The minimum atomic E-state index is -0.870. The Hall–Kier alpha value is -2.18. The molecular formula is C12H18N4O3. The number of amides is 2. The second-order valence-corrected chi connectivity index (χ2v) is 4.26. The van der Waals surface area contributed by atoms with E-state index < -0.39 is 5.97 Å². The Kier molecular flexibility index (Phi) is 5.72. The van der Waals surface area contributed by atoms with Gasteiger partial charge < -0.3 is 15.7 Å². The second-order valence-electron chi connectivity index (χ2n) is 4.26. The third-order valence-electron chi connectivity index (χ3n) is 2.43. The molecule has 3 N–H and O–H groups in total. The van der Waals surface area contributed by atoms with Crippen LogP contribution in [0.15, 0.2) is 12.3 Å². The maximum atomic E-state index is 11.5. The fourth-order valence-electron chi connectivity index (χ4n) is 1.46. The van der Waals surface area contributed by atoms with Gasteiger partial charge in [0.2, 0.25) is 0 Å². The Bertz CT molecular complexity index is 450. The van der Waals surface area contributed by atoms with E-state index in [9.17, 15) is 9.59 Å². The van der Waals surface area contributed by atoms with Crippen LogP contribution in [0.25, 0.3) is 0 Å². The van der Waals surface area contributed by atoms with Crippen molar-refractivity contribution >= 4 is 12.0 Å². The van der Waals surface area contributed by atoms with Crippen LogP contribution in [0.1, 0.15) is 31.3 Å². The van der Waals surface area contributed by atoms with Crippen molar-refractivity contribution in [2.75, 3.05) is 0 Å². The van der Waals surface area contributed by atoms with Crippen molar-refractivity contribution in [1.82, 2.24) is 20.6 Å². The topological polar surface area (TPSA) is 104 Å². The summed E-state index contributed by atoms with van der Waals surface area (Å²) >= 11 is 0. The molecule has 0 spiro atoms. The Labute approximate surface area is 111 Å². The highest BCUT2D eigenvalue weighted by Crippen LogP contribution is 1.97. The van der Waals surface area contributed by atoms with Crippen molar-refractivity contribution in [3.63, 3.8) is 0 Å². The highest BCUT2D eigenvalue weighted by molar-refractivity contribution is 5.74. The van der Waals surface area contributed by atoms with E-state index in [-0.39, 0.29) is 18.5 Å². The minimum absolute atomic E-state index is 0.0343. The SMILES string of the molecule is Cc1nccc(CNC(=O)NC(C)CCC(=O)O)n1. The van der Waals surface area contributed by atoms with Crippen LogP contribution in [0.4, 0.5) is 4.79 Å². The van der Waals surface area contributed by atoms with Crippen LogP contribution >= 0.6 is 0 Å². The van der Waals surface area contributed by atoms with Crippen LogP contribution in [-0.4, -0.2) is 33.1 Å². The van der Waals surface area contributed by atoms with E-state index in [2.05, 4.69) is 20.6 Å². The number of hydrogen-bond acceptors (Lipinski definition) is 4. The van der Waals surface area contributed by atoms with Gasteiger partial charge in [-0.15, -0.1) is 0 Å². The molecule has 1 atom stereocenters. The van der Waals surface area contributed by atoms with Crippen LogP contribution in [-0.2, 0) is 11.3 Å². The van der Waals surface area contributed by atoms with Gasteiger partial charge in [0.1, 0.15) is 5.82 Å². The lowest BCUT2D eigenvalue weighted by Gasteiger charge is -2.13. The number of carbonyl (C=O) groups is 2. The molecule has 1 unspecified atom stereocenters. The van der Waals surface area contributed by atoms with Crippen LogP contribution in [0.3, 0.4) is 0 Å². The maximum absolute atomic E-state index is 11.5. The first-order valence-electron chi connectivity index (χ1n) is 6.02. The number of carboxylic acid groups (broad SMARTS) is 1. The summed E-state index contributed by atoms with van der Waals surface area (Å²) in [5.41, 5.74) is 0.723. The lowest BCUT2D eigenvalue weighted by atomic mass is 10.2. The molecule has 7 heteroatoms. The molecule has 0 aliphatic rings. The van der Waals surface area contributed by atoms with E-state index in [1.54, 1.807) is 26.1 Å². The fourth-order valence-corrected chi connectivity index (χ4v) is 1.46. The Morgan fingerprint density at radius 1 is 1.47 bits per heavy atom. The monoisotopic (exact) mass is 266 g/mol. The minimum Gasteiger partial charge on any atom is -0.481 e. The third-order valence-corrected chi connectivity index (χ3v) is 2.43. The Morgan fingerprint density at radius 3 is 2.84 bits per heavy atom. The number of carbonyl (C=O) groups excluding carboxylic acids is 1. The first-order valence-corrected chi connectivity index (χ1v) is 6.02. The largest absolute Gasteiger partial charge is 0.481 e. The van der Waals surface area contributed by atoms with Gasteiger partial charge in [-0.1, -0.05) is 0 Å². The maximum Gasteiger partial charge on any atom is 0.315 e. The van der Waals surface area contributed by atoms with Crippen molar-refractivity contribution in [2.45, 2.75) is 39.3 Å². The van der Waals surface area contributed by atoms with Gasteiger partial charge in [0.25, 0.3) is 0 Å². The fraction of sp³-hybridized carbons (Fsp3) is 0.500. The molecule has 1 rings (SSSR count). The molecule has 2 amide bonds. The molecule has 7 nitrogen and oxygen atoms in total. The molecule has 0 saturated heterocycles. The van der Waals surface area contributed by atoms with Crippen LogP contribution in [0.2, 0.25) is 0 Å². The number of nitrogens with one attached hydrogen (secondary N) is 2. The number of hydrogen-bond donors (Lipinski definition) is 3. The lowest BCUT2D eigenvalue weighted by molar-refractivity contribution is -0.137. The molecule has 0 aromatic carbocycles. The molecule has 104 valence electrons. The second kappa shape index (κ2) is 7.30. The quantitative estimate of drug-likeness (QED) is 0.707. The van der Waals surface area contributed by atoms with E-state index in [1.165, 1.54) is 0 Å². The number of urea groups is 1. The lowest BCUT2D eigenvalue weighted by Crippen LogP contribution is -2.40. The number of aromatic nitrogens is 2. The van der Waals surface area contributed by atoms with Crippen molar-refractivity contribution in [2.24, 2.45) is 0 Å². The third kappa shape index (κ3) is 6.35. The first-order chi connectivity index (χ1) is 8.97. The van der Waals surface area contributed by atoms with E-state index in [0.29, 0.717) is 18.8 Å². The van der Waals surface area contributed by atoms with Crippen molar-refractivity contribution in [3.8, 4) is 0 Å². The normalized spacial score (nSPS) is 11.7. The molecule has 0 aliphatic heterocycles. The number of aryl methyl sites for hydroxylation is 1. The molecular weight excluding hydrogens is 248 g/mol. The summed E-state index contributed by atoms with van der Waals surface area (Å²) in [5, 5.41) is 13.9. The van der Waals surface area contributed by atoms with Gasteiger partial charge in [0.05, 0.1) is 12.2 Å². The Balaban J connectivity index is 2.29. The molecule has 0 saturated carbocycles. The average molecular weight is 266 g/mol. The van der Waals surface area contributed by atoms with Gasteiger partial charge in [-0.25, -0.2) is 14.8 Å². The van der Waals surface area contributed by atoms with E-state index in [1.807, 2.05) is 0 Å². The van der Waals surface area contributed by atoms with Gasteiger partial charge in [-0.2, -0.15) is 0 Å². The highest BCUT2D eigenvalue weighted by Gasteiger charge is 2.09. The number of rotatable bonds is 6. The van der Waals surface area contributed by atoms with E-state index >= 15 is 0 Å². The zero-order valence-electron chi connectivity index (χ0n) is 11.0. The zero-order valence-corrected chi connectivity index (χ0v) is 11.0. The average Bonchev–Trinajstić information content (AvgIpc) is 2.34. The predicted octanol–water partition coefficient (Wildman–Crippen LogP) is 0.838. The van der Waals surface area contributed by atoms with Gasteiger partial charge in [0.15, 0.2) is 0 Å². The number of aliphatic carboxylic acids is 1. The molecule has 0 bridgehead atoms. The number of carboxylic acids is 1. The standard InChI is InChI=1S/C12H18N4O3/c1-8(3-4-11(17)18)15-12(19)14-7-10-5-6-13-9(2)16-10/h5-6,8H,3-4,7H2,1-2H3,(H,17,18)(H2,14,15,19). The summed E-state index contributed by atoms with van der Waals surface area (Å²) in [7, 11) is 0. The smallest absolute Gasteiger partial charge is 0.315 e. The highest BCUT2D eigenvalue weighted by atomic mass is 16.4. The van der Waals surface area contributed by atoms with Crippen LogP contribution in [0, 0.1) is 6.92 Å². The molecule has 0 radical (unpaired) electrons. The molecule has 1 aromatic rings. The summed E-state index contributed by atoms with van der Waals surface area (Å²) in [4.78, 5) is 30.0. The molecule has 0 fully saturated rings. The predicted molar refractivity (Wildman–Crippen MR) is 68.5 cm³/mol. The van der Waals surface area contributed by atoms with Crippen LogP contribution < -0.4 is 10.6 Å². The van der Waals surface area contributed by atoms with Crippen molar-refractivity contribution in [3.05, 3.63) is 23.8 Å². The summed E-state index contributed by atoms with van der Waals surface area (Å²) in [6.45, 7) is 3.84. The van der Waals surface area contributed by atoms with Gasteiger partial charge >= 0.3 is 12.0 Å². The molecule has 19 heavy (non-hydrogen) atoms. The van der Waals surface area contributed by atoms with E-state index in [4.69, 9.17) is 5.11 Å². The summed E-state index contributed by atoms with van der Waals surface area (Å²) < 4.78 is 0. The van der Waals surface area contributed by atoms with Gasteiger partial charge in [-0.3, -0.25) is 4.79 Å². The van der Waals surface area contributed by atoms with Gasteiger partial charge in [-0.05, 0) is 26.3 Å². The summed E-state index contributed by atoms with van der Waals surface area (Å²) in [5.74, 6) is -0.222. The van der Waals surface area contributed by atoms with Crippen molar-refractivity contribution < 1.29 is 14.7 Å². The first kappa shape index (κ1) is 14.9. The summed E-state index contributed by atoms with van der Waals surface area (Å²) in [6.07, 6.45) is 2.06. The molecule has 1 aromatic heterocycles. The number of nitrogens with zero attached hydrogens (tertiary/aromatic N) is 2. The molecule has 0 aliphatic carbocycles. The van der Waals surface area contributed by atoms with Crippen LogP contribution in [0.5, 0.6) is 0 Å². The molecule has 1 heterocycles. The van der Waals surface area contributed by atoms with Crippen molar-refractivity contribution in [1.29, 1.82) is 0 Å². The zero-order chi connectivity index (χ0) is 14.3. The van der Waals surface area contributed by atoms with E-state index in [0.717, 1.165) is 5.69 Å². The van der Waals surface area contributed by atoms with Gasteiger partial charge in [0, 0.05) is 18.7 Å².